The largest absolute Gasteiger partial charge is 0.477 e. The Kier molecular flexibility index (Phi) is 2.73. The molecule has 2 aromatic rings. The van der Waals surface area contributed by atoms with Crippen molar-refractivity contribution >= 4 is 5.97 Å². The Morgan fingerprint density at radius 1 is 1.11 bits per heavy atom. The summed E-state index contributed by atoms with van der Waals surface area (Å²) in [6.45, 7) is 0. The van der Waals surface area contributed by atoms with Crippen LogP contribution in [-0.4, -0.2) is 21.4 Å². The van der Waals surface area contributed by atoms with Gasteiger partial charge in [-0.15, -0.1) is 5.10 Å². The lowest BCUT2D eigenvalue weighted by Crippen LogP contribution is -2.11. The number of halogens is 4. The van der Waals surface area contributed by atoms with Crippen molar-refractivity contribution in [1.29, 1.82) is 0 Å². The number of hydrogen-bond donors (Lipinski definition) is 1. The molecule has 0 unspecified atom stereocenters. The average molecular weight is 262 g/mol. The van der Waals surface area contributed by atoms with Crippen molar-refractivity contribution in [2.24, 2.45) is 0 Å². The Labute approximate surface area is 95.6 Å². The average Bonchev–Trinajstić information content (AvgIpc) is 2.79. The maximum atomic E-state index is 13.7. The van der Waals surface area contributed by atoms with E-state index in [1.807, 2.05) is 0 Å². The molecule has 0 aliphatic carbocycles. The van der Waals surface area contributed by atoms with Crippen LogP contribution in [0.15, 0.2) is 10.8 Å². The first-order valence-corrected chi connectivity index (χ1v) is 4.31. The highest BCUT2D eigenvalue weighted by Gasteiger charge is 2.31. The van der Waals surface area contributed by atoms with Crippen LogP contribution >= 0.6 is 0 Å². The molecule has 0 amide bonds. The second-order valence-corrected chi connectivity index (χ2v) is 3.10. The molecule has 5 nitrogen and oxygen atoms in total. The van der Waals surface area contributed by atoms with E-state index >= 15 is 0 Å². The highest BCUT2D eigenvalue weighted by molar-refractivity contribution is 5.90. The highest BCUT2D eigenvalue weighted by Crippen LogP contribution is 2.30. The first-order chi connectivity index (χ1) is 8.45. The summed E-state index contributed by atoms with van der Waals surface area (Å²) in [6.07, 6.45) is 0.657. The Bertz CT molecular complexity index is 627. The lowest BCUT2D eigenvalue weighted by Gasteiger charge is -2.07. The Morgan fingerprint density at radius 2 is 1.78 bits per heavy atom. The molecular formula is C9H2F4N2O3. The molecule has 0 aliphatic rings. The van der Waals surface area contributed by atoms with Gasteiger partial charge in [0.1, 0.15) is 11.3 Å². The van der Waals surface area contributed by atoms with Gasteiger partial charge in [0.2, 0.25) is 0 Å². The van der Waals surface area contributed by atoms with Crippen molar-refractivity contribution < 1.29 is 32.0 Å². The second kappa shape index (κ2) is 4.09. The van der Waals surface area contributed by atoms with Gasteiger partial charge in [0.05, 0.1) is 5.56 Å². The molecule has 1 N–H and O–H groups in total. The number of carboxylic acid groups (broad SMARTS) is 1. The van der Waals surface area contributed by atoms with Gasteiger partial charge in [0.15, 0.2) is 29.5 Å². The third kappa shape index (κ3) is 1.60. The van der Waals surface area contributed by atoms with E-state index in [-0.39, 0.29) is 0 Å². The molecule has 0 saturated heterocycles. The van der Waals surface area contributed by atoms with E-state index < -0.39 is 46.1 Å². The quantitative estimate of drug-likeness (QED) is 0.508. The van der Waals surface area contributed by atoms with E-state index in [1.165, 1.54) is 0 Å². The van der Waals surface area contributed by atoms with Crippen molar-refractivity contribution in [3.8, 4) is 11.3 Å². The maximum Gasteiger partial charge on any atom is 0.341 e. The summed E-state index contributed by atoms with van der Waals surface area (Å²) < 4.78 is 57.4. The van der Waals surface area contributed by atoms with Crippen LogP contribution in [0.25, 0.3) is 11.3 Å². The third-order valence-electron chi connectivity index (χ3n) is 2.09. The minimum absolute atomic E-state index is 0.591. The highest BCUT2D eigenvalue weighted by atomic mass is 19.2. The number of carboxylic acids is 1. The number of rotatable bonds is 2. The topological polar surface area (TPSA) is 76.2 Å². The number of aromatic carboxylic acids is 1. The monoisotopic (exact) mass is 262 g/mol. The van der Waals surface area contributed by atoms with Crippen molar-refractivity contribution in [1.82, 2.24) is 10.4 Å². The van der Waals surface area contributed by atoms with E-state index in [4.69, 9.17) is 5.11 Å². The smallest absolute Gasteiger partial charge is 0.341 e. The molecule has 9 heteroatoms. The summed E-state index contributed by atoms with van der Waals surface area (Å²) in [5.41, 5.74) is -3.37. The van der Waals surface area contributed by atoms with Crippen LogP contribution < -0.4 is 0 Å². The van der Waals surface area contributed by atoms with Crippen LogP contribution in [0.2, 0.25) is 0 Å². The lowest BCUT2D eigenvalue weighted by atomic mass is 10.1. The third-order valence-corrected chi connectivity index (χ3v) is 2.09. The summed E-state index contributed by atoms with van der Waals surface area (Å²) in [5.74, 6) is -10.0. The van der Waals surface area contributed by atoms with Crippen LogP contribution in [0.3, 0.4) is 0 Å². The van der Waals surface area contributed by atoms with Gasteiger partial charge in [0.25, 0.3) is 0 Å². The molecule has 2 rings (SSSR count). The number of carbonyl (C=O) groups is 1. The van der Waals surface area contributed by atoms with Crippen LogP contribution in [0, 0.1) is 23.3 Å². The van der Waals surface area contributed by atoms with Gasteiger partial charge in [-0.1, -0.05) is 0 Å². The van der Waals surface area contributed by atoms with Crippen LogP contribution in [-0.2, 0) is 0 Å². The van der Waals surface area contributed by atoms with Crippen LogP contribution in [0.1, 0.15) is 10.4 Å². The standard InChI is InChI=1S/C9H2F4N2O3/c10-5-3(2-1-18-15-14-2)6(11)8(13)7(12)4(5)9(16)17/h1H,(H,16,17). The molecule has 1 aromatic heterocycles. The molecule has 1 aromatic carbocycles. The second-order valence-electron chi connectivity index (χ2n) is 3.10. The molecule has 94 valence electrons. The number of nitrogens with zero attached hydrogens (tertiary/aromatic N) is 2. The maximum absolute atomic E-state index is 13.7. The number of hydrogen-bond acceptors (Lipinski definition) is 4. The first kappa shape index (κ1) is 12.0. The Hall–Kier alpha value is -2.45. The molecular weight excluding hydrogens is 260 g/mol. The minimum atomic E-state index is -2.13. The van der Waals surface area contributed by atoms with Crippen molar-refractivity contribution in [2.75, 3.05) is 0 Å². The number of aromatic nitrogens is 2. The minimum Gasteiger partial charge on any atom is -0.477 e. The lowest BCUT2D eigenvalue weighted by molar-refractivity contribution is 0.0685. The SMILES string of the molecule is O=C(O)c1c(F)c(F)c(F)c(-c2conn2)c1F. The Morgan fingerprint density at radius 3 is 2.28 bits per heavy atom. The summed E-state index contributed by atoms with van der Waals surface area (Å²) in [7, 11) is 0. The molecule has 18 heavy (non-hydrogen) atoms. The zero-order chi connectivity index (χ0) is 13.4. The predicted molar refractivity (Wildman–Crippen MR) is 46.5 cm³/mol. The predicted octanol–water partition coefficient (Wildman–Crippen LogP) is 1.99. The van der Waals surface area contributed by atoms with Crippen molar-refractivity contribution in [2.45, 2.75) is 0 Å². The summed E-state index contributed by atoms with van der Waals surface area (Å²) >= 11 is 0. The van der Waals surface area contributed by atoms with Crippen LogP contribution in [0.4, 0.5) is 17.6 Å². The summed E-state index contributed by atoms with van der Waals surface area (Å²) in [5, 5.41) is 14.5. The zero-order valence-electron chi connectivity index (χ0n) is 8.25. The van der Waals surface area contributed by atoms with E-state index in [0.717, 1.165) is 0 Å². The Balaban J connectivity index is 2.86. The molecule has 0 radical (unpaired) electrons. The number of benzene rings is 1. The molecule has 0 atom stereocenters. The van der Waals surface area contributed by atoms with E-state index in [1.54, 1.807) is 0 Å². The molecule has 1 heterocycles. The van der Waals surface area contributed by atoms with Crippen molar-refractivity contribution in [3.63, 3.8) is 0 Å². The van der Waals surface area contributed by atoms with E-state index in [9.17, 15) is 22.4 Å². The van der Waals surface area contributed by atoms with Crippen molar-refractivity contribution in [3.05, 3.63) is 35.1 Å². The van der Waals surface area contributed by atoms with E-state index in [0.29, 0.717) is 6.26 Å². The molecule has 0 fully saturated rings. The molecule has 0 aliphatic heterocycles. The van der Waals surface area contributed by atoms with Gasteiger partial charge in [-0.3, -0.25) is 0 Å². The molecule has 0 saturated carbocycles. The molecule has 0 bridgehead atoms. The van der Waals surface area contributed by atoms with Gasteiger partial charge in [-0.05, 0) is 0 Å². The van der Waals surface area contributed by atoms with Crippen LogP contribution in [0.5, 0.6) is 0 Å². The van der Waals surface area contributed by atoms with Gasteiger partial charge in [-0.2, -0.15) is 0 Å². The van der Waals surface area contributed by atoms with Gasteiger partial charge < -0.3 is 9.63 Å². The fourth-order valence-electron chi connectivity index (χ4n) is 1.32. The summed E-state index contributed by atoms with van der Waals surface area (Å²) in [6, 6.07) is 0. The molecule has 0 spiro atoms. The van der Waals surface area contributed by atoms with Gasteiger partial charge in [-0.25, -0.2) is 22.4 Å². The zero-order valence-corrected chi connectivity index (χ0v) is 8.25. The normalized spacial score (nSPS) is 10.7. The summed E-state index contributed by atoms with van der Waals surface area (Å²) in [4.78, 5) is 10.6. The fraction of sp³-hybridized carbons (Fsp3) is 0. The van der Waals surface area contributed by atoms with Gasteiger partial charge in [0, 0.05) is 5.27 Å². The fourth-order valence-corrected chi connectivity index (χ4v) is 1.32. The first-order valence-electron chi connectivity index (χ1n) is 4.31. The van der Waals surface area contributed by atoms with Gasteiger partial charge >= 0.3 is 5.97 Å². The van der Waals surface area contributed by atoms with E-state index in [2.05, 4.69) is 14.9 Å².